The van der Waals surface area contributed by atoms with E-state index in [-0.39, 0.29) is 19.4 Å². The van der Waals surface area contributed by atoms with E-state index in [9.17, 15) is 28.8 Å². The molecule has 15 nitrogen and oxygen atoms in total. The fourth-order valence-electron chi connectivity index (χ4n) is 4.17. The number of esters is 4. The zero-order chi connectivity index (χ0) is 32.1. The minimum atomic E-state index is -1.38. The van der Waals surface area contributed by atoms with Crippen LogP contribution in [0.2, 0.25) is 0 Å². The molecule has 0 bridgehead atoms. The van der Waals surface area contributed by atoms with Crippen LogP contribution in [0.15, 0.2) is 30.3 Å². The molecule has 1 aliphatic rings. The number of rotatable bonds is 14. The number of amides is 2. The summed E-state index contributed by atoms with van der Waals surface area (Å²) < 4.78 is 32.5. The van der Waals surface area contributed by atoms with Crippen LogP contribution < -0.4 is 16.4 Å². The number of nitrogens with two attached hydrogens (primary N) is 1. The first-order chi connectivity index (χ1) is 20.3. The van der Waals surface area contributed by atoms with E-state index in [1.165, 1.54) is 14.0 Å². The Morgan fingerprint density at radius 1 is 0.884 bits per heavy atom. The minimum Gasteiger partial charge on any atom is -0.461 e. The van der Waals surface area contributed by atoms with Crippen LogP contribution in [0.4, 0.5) is 0 Å². The maximum atomic E-state index is 12.8. The van der Waals surface area contributed by atoms with Gasteiger partial charge in [0.25, 0.3) is 0 Å². The van der Waals surface area contributed by atoms with Gasteiger partial charge in [-0.25, -0.2) is 0 Å². The van der Waals surface area contributed by atoms with Gasteiger partial charge in [0.1, 0.15) is 18.7 Å². The van der Waals surface area contributed by atoms with Crippen molar-refractivity contribution < 1.29 is 57.2 Å². The van der Waals surface area contributed by atoms with E-state index < -0.39 is 85.1 Å². The normalized spacial score (nSPS) is 22.7. The zero-order valence-corrected chi connectivity index (χ0v) is 24.7. The highest BCUT2D eigenvalue weighted by Crippen LogP contribution is 2.29. The molecule has 2 rings (SSSR count). The van der Waals surface area contributed by atoms with Gasteiger partial charge in [0, 0.05) is 34.2 Å². The maximum absolute atomic E-state index is 12.8. The fourth-order valence-corrected chi connectivity index (χ4v) is 4.17. The highest BCUT2D eigenvalue weighted by atomic mass is 16.7. The van der Waals surface area contributed by atoms with Gasteiger partial charge < -0.3 is 44.8 Å². The van der Waals surface area contributed by atoms with E-state index in [0.717, 1.165) is 26.3 Å². The van der Waals surface area contributed by atoms with Crippen molar-refractivity contribution >= 4 is 35.7 Å². The monoisotopic (exact) mass is 609 g/mol. The van der Waals surface area contributed by atoms with E-state index in [1.807, 2.05) is 18.2 Å². The van der Waals surface area contributed by atoms with Gasteiger partial charge in [-0.2, -0.15) is 0 Å². The van der Waals surface area contributed by atoms with Gasteiger partial charge in [-0.05, 0) is 18.9 Å². The molecule has 4 N–H and O–H groups in total. The Morgan fingerprint density at radius 2 is 1.47 bits per heavy atom. The quantitative estimate of drug-likeness (QED) is 0.182. The molecular weight excluding hydrogens is 570 g/mol. The predicted molar refractivity (Wildman–Crippen MR) is 146 cm³/mol. The second-order valence-corrected chi connectivity index (χ2v) is 9.73. The molecule has 0 spiro atoms. The van der Waals surface area contributed by atoms with E-state index >= 15 is 0 Å². The highest BCUT2D eigenvalue weighted by molar-refractivity contribution is 5.90. The van der Waals surface area contributed by atoms with Crippen LogP contribution in [-0.2, 0) is 63.8 Å². The van der Waals surface area contributed by atoms with Crippen molar-refractivity contribution in [3.05, 3.63) is 35.9 Å². The second-order valence-electron chi connectivity index (χ2n) is 9.73. The van der Waals surface area contributed by atoms with Gasteiger partial charge >= 0.3 is 23.9 Å². The van der Waals surface area contributed by atoms with Crippen molar-refractivity contribution in [2.75, 3.05) is 13.7 Å². The molecule has 1 heterocycles. The van der Waals surface area contributed by atoms with E-state index in [4.69, 9.17) is 34.2 Å². The lowest BCUT2D eigenvalue weighted by Gasteiger charge is -2.43. The molecule has 238 valence electrons. The first kappa shape index (κ1) is 35.1. The molecule has 15 heteroatoms. The summed E-state index contributed by atoms with van der Waals surface area (Å²) in [7, 11) is 1.37. The van der Waals surface area contributed by atoms with Crippen LogP contribution in [0.1, 0.15) is 46.1 Å². The Balaban J connectivity index is 2.02. The summed E-state index contributed by atoms with van der Waals surface area (Å²) >= 11 is 0. The van der Waals surface area contributed by atoms with Crippen LogP contribution in [0, 0.1) is 0 Å². The molecule has 0 unspecified atom stereocenters. The third-order valence-corrected chi connectivity index (χ3v) is 6.17. The second kappa shape index (κ2) is 17.1. The van der Waals surface area contributed by atoms with Crippen molar-refractivity contribution in [1.82, 2.24) is 10.6 Å². The summed E-state index contributed by atoms with van der Waals surface area (Å²) in [6.07, 6.45) is -6.27. The van der Waals surface area contributed by atoms with Gasteiger partial charge in [-0.15, -0.1) is 0 Å². The van der Waals surface area contributed by atoms with Crippen molar-refractivity contribution in [3.8, 4) is 0 Å². The molecule has 1 aromatic rings. The van der Waals surface area contributed by atoms with Crippen LogP contribution in [0.3, 0.4) is 0 Å². The van der Waals surface area contributed by atoms with Crippen molar-refractivity contribution in [2.24, 2.45) is 5.73 Å². The Labute approximate surface area is 249 Å². The number of nitrogens with one attached hydrogen (secondary N) is 2. The molecule has 1 fully saturated rings. The molecule has 0 radical (unpaired) electrons. The summed E-state index contributed by atoms with van der Waals surface area (Å²) in [6.45, 7) is 4.49. The van der Waals surface area contributed by atoms with Gasteiger partial charge in [0.2, 0.25) is 11.8 Å². The molecule has 2 amide bonds. The molecule has 0 saturated carbocycles. The van der Waals surface area contributed by atoms with Gasteiger partial charge in [0.05, 0.1) is 12.7 Å². The van der Waals surface area contributed by atoms with E-state index in [2.05, 4.69) is 10.6 Å². The lowest BCUT2D eigenvalue weighted by Crippen LogP contribution is -2.61. The Hall–Kier alpha value is -4.08. The molecule has 0 aromatic heterocycles. The summed E-state index contributed by atoms with van der Waals surface area (Å²) in [6, 6.07) is 6.60. The molecule has 0 aliphatic carbocycles. The Bertz CT molecular complexity index is 1130. The van der Waals surface area contributed by atoms with E-state index in [0.29, 0.717) is 0 Å². The summed E-state index contributed by atoms with van der Waals surface area (Å²) in [5.74, 6) is -4.10. The zero-order valence-electron chi connectivity index (χ0n) is 24.7. The molecule has 1 saturated heterocycles. The van der Waals surface area contributed by atoms with Gasteiger partial charge in [-0.3, -0.25) is 28.8 Å². The minimum absolute atomic E-state index is 0.0635. The summed E-state index contributed by atoms with van der Waals surface area (Å²) in [5.41, 5.74) is 6.80. The predicted octanol–water partition coefficient (Wildman–Crippen LogP) is -0.375. The first-order valence-corrected chi connectivity index (χ1v) is 13.6. The topological polar surface area (TPSA) is 208 Å². The van der Waals surface area contributed by atoms with Crippen molar-refractivity contribution in [2.45, 2.75) is 89.9 Å². The lowest BCUT2D eigenvalue weighted by molar-refractivity contribution is -0.301. The van der Waals surface area contributed by atoms with Gasteiger partial charge in [0.15, 0.2) is 24.6 Å². The third-order valence-electron chi connectivity index (χ3n) is 6.17. The number of ether oxygens (including phenoxy) is 6. The number of hydrogen-bond donors (Lipinski definition) is 3. The number of likely N-dealkylation sites (N-methyl/N-ethyl adjacent to an activating group) is 1. The summed E-state index contributed by atoms with van der Waals surface area (Å²) in [4.78, 5) is 72.7. The number of carbonyl (C=O) groups excluding carboxylic acids is 6. The smallest absolute Gasteiger partial charge is 0.306 e. The number of benzene rings is 1. The van der Waals surface area contributed by atoms with E-state index in [1.54, 1.807) is 12.1 Å². The fraction of sp³-hybridized carbons (Fsp3) is 0.571. The Morgan fingerprint density at radius 3 is 2.05 bits per heavy atom. The van der Waals surface area contributed by atoms with Crippen LogP contribution >= 0.6 is 0 Å². The first-order valence-electron chi connectivity index (χ1n) is 13.6. The largest absolute Gasteiger partial charge is 0.461 e. The third kappa shape index (κ3) is 11.6. The summed E-state index contributed by atoms with van der Waals surface area (Å²) in [5, 5.41) is 4.90. The van der Waals surface area contributed by atoms with Crippen molar-refractivity contribution in [1.29, 1.82) is 0 Å². The average Bonchev–Trinajstić information content (AvgIpc) is 2.95. The van der Waals surface area contributed by atoms with Crippen LogP contribution in [0.5, 0.6) is 0 Å². The average molecular weight is 610 g/mol. The maximum Gasteiger partial charge on any atom is 0.306 e. The lowest BCUT2D eigenvalue weighted by atomic mass is 9.99. The molecule has 43 heavy (non-hydrogen) atoms. The highest BCUT2D eigenvalue weighted by Gasteiger charge is 2.51. The Kier molecular flexibility index (Phi) is 14.0. The number of hydrogen-bond acceptors (Lipinski definition) is 13. The number of carbonyl (C=O) groups is 6. The van der Waals surface area contributed by atoms with Crippen molar-refractivity contribution in [3.63, 3.8) is 0 Å². The molecule has 1 aromatic carbocycles. The van der Waals surface area contributed by atoms with Crippen LogP contribution in [0.25, 0.3) is 0 Å². The van der Waals surface area contributed by atoms with Gasteiger partial charge in [-0.1, -0.05) is 30.3 Å². The van der Waals surface area contributed by atoms with Crippen LogP contribution in [-0.4, -0.2) is 92.1 Å². The SMILES string of the molecule is CNC(=O)[C@@H](CCC(=O)OCc1ccccc1)NC(=O)[C@H](N)CO[C@H]1O[C@@H](C)[C@@H](OC(C)=O)[C@@H](OC(C)=O)[C@@H]1OC(C)=O. The molecular formula is C28H39N3O12. The molecule has 7 atom stereocenters. The standard InChI is InChI=1S/C28H39N3O12/c1-15-23(41-16(2)32)24(42-17(3)33)25(43-18(4)34)28(40-15)39-14-20(29)26(36)31-21(27(37)30-5)11-12-22(35)38-13-19-9-7-6-8-10-19/h6-10,15,20-21,23-25,28H,11-14,29H2,1-5H3,(H,30,37)(H,31,36)/t15-,20+,21+,23+,24+,25-,28-/m0/s1. The molecule has 1 aliphatic heterocycles.